The molecule has 0 bridgehead atoms. The zero-order valence-electron chi connectivity index (χ0n) is 12.6. The second-order valence-corrected chi connectivity index (χ2v) is 5.03. The molecule has 0 radical (unpaired) electrons. The van der Waals surface area contributed by atoms with E-state index in [1.54, 1.807) is 32.4 Å². The number of rotatable bonds is 4. The van der Waals surface area contributed by atoms with Crippen molar-refractivity contribution in [2.75, 3.05) is 19.5 Å². The lowest BCUT2D eigenvalue weighted by atomic mass is 9.96. The Morgan fingerprint density at radius 1 is 1.10 bits per heavy atom. The molecule has 2 amide bonds. The van der Waals surface area contributed by atoms with Gasteiger partial charge in [0.2, 0.25) is 0 Å². The third-order valence-electron chi connectivity index (χ3n) is 3.54. The molecule has 0 aliphatic heterocycles. The van der Waals surface area contributed by atoms with Crippen LogP contribution in [0.5, 0.6) is 11.5 Å². The van der Waals surface area contributed by atoms with Crippen LogP contribution in [0.3, 0.4) is 0 Å². The molecule has 1 saturated carbocycles. The number of benzene rings is 1. The SMILES string of the molecule is COc1ccc(NC(=O)NC=C2CCCCC2)cc1OC. The average Bonchev–Trinajstić information content (AvgIpc) is 2.53. The first-order valence-corrected chi connectivity index (χ1v) is 7.20. The van der Waals surface area contributed by atoms with Gasteiger partial charge in [-0.3, -0.25) is 0 Å². The summed E-state index contributed by atoms with van der Waals surface area (Å²) >= 11 is 0. The maximum absolute atomic E-state index is 11.9. The van der Waals surface area contributed by atoms with Crippen molar-refractivity contribution < 1.29 is 14.3 Å². The van der Waals surface area contributed by atoms with E-state index in [-0.39, 0.29) is 6.03 Å². The highest BCUT2D eigenvalue weighted by Gasteiger charge is 2.08. The first kappa shape index (κ1) is 15.2. The summed E-state index contributed by atoms with van der Waals surface area (Å²) in [4.78, 5) is 11.9. The number of hydrogen-bond donors (Lipinski definition) is 2. The van der Waals surface area contributed by atoms with E-state index in [1.807, 2.05) is 6.20 Å². The van der Waals surface area contributed by atoms with Crippen LogP contribution in [0.4, 0.5) is 10.5 Å². The summed E-state index contributed by atoms with van der Waals surface area (Å²) < 4.78 is 10.4. The lowest BCUT2D eigenvalue weighted by molar-refractivity contribution is 0.255. The van der Waals surface area contributed by atoms with E-state index in [0.717, 1.165) is 12.8 Å². The summed E-state index contributed by atoms with van der Waals surface area (Å²) in [7, 11) is 3.14. The first-order chi connectivity index (χ1) is 10.2. The molecule has 1 aliphatic carbocycles. The molecule has 21 heavy (non-hydrogen) atoms. The Balaban J connectivity index is 1.93. The van der Waals surface area contributed by atoms with E-state index in [4.69, 9.17) is 9.47 Å². The van der Waals surface area contributed by atoms with Crippen molar-refractivity contribution in [3.8, 4) is 11.5 Å². The molecule has 1 fully saturated rings. The predicted molar refractivity (Wildman–Crippen MR) is 82.9 cm³/mol. The maximum atomic E-state index is 11.9. The number of carbonyl (C=O) groups is 1. The molecular formula is C16H22N2O3. The van der Waals surface area contributed by atoms with Gasteiger partial charge >= 0.3 is 6.03 Å². The van der Waals surface area contributed by atoms with E-state index < -0.39 is 0 Å². The van der Waals surface area contributed by atoms with E-state index in [0.29, 0.717) is 17.2 Å². The zero-order valence-corrected chi connectivity index (χ0v) is 12.6. The van der Waals surface area contributed by atoms with Crippen LogP contribution in [0.25, 0.3) is 0 Å². The molecule has 0 aromatic heterocycles. The third-order valence-corrected chi connectivity index (χ3v) is 3.54. The van der Waals surface area contributed by atoms with Crippen LogP contribution in [-0.4, -0.2) is 20.3 Å². The highest BCUT2D eigenvalue weighted by Crippen LogP contribution is 2.29. The molecule has 1 aromatic carbocycles. The number of carbonyl (C=O) groups excluding carboxylic acids is 1. The molecule has 0 unspecified atom stereocenters. The Morgan fingerprint density at radius 2 is 1.81 bits per heavy atom. The second kappa shape index (κ2) is 7.57. The normalized spacial score (nSPS) is 14.3. The van der Waals surface area contributed by atoms with Crippen molar-refractivity contribution >= 4 is 11.7 Å². The Kier molecular flexibility index (Phi) is 5.49. The largest absolute Gasteiger partial charge is 0.493 e. The van der Waals surface area contributed by atoms with Gasteiger partial charge in [0.15, 0.2) is 11.5 Å². The fraction of sp³-hybridized carbons (Fsp3) is 0.438. The molecular weight excluding hydrogens is 268 g/mol. The molecule has 5 heteroatoms. The summed E-state index contributed by atoms with van der Waals surface area (Å²) in [6, 6.07) is 5.01. The van der Waals surface area contributed by atoms with Gasteiger partial charge in [-0.15, -0.1) is 0 Å². The molecule has 2 rings (SSSR count). The Hall–Kier alpha value is -2.17. The van der Waals surface area contributed by atoms with E-state index in [2.05, 4.69) is 10.6 Å². The van der Waals surface area contributed by atoms with Gasteiger partial charge in [-0.25, -0.2) is 4.79 Å². The monoisotopic (exact) mass is 290 g/mol. The molecule has 1 aliphatic rings. The van der Waals surface area contributed by atoms with Crippen LogP contribution < -0.4 is 20.1 Å². The quantitative estimate of drug-likeness (QED) is 0.889. The molecule has 5 nitrogen and oxygen atoms in total. The van der Waals surface area contributed by atoms with E-state index >= 15 is 0 Å². The number of anilines is 1. The topological polar surface area (TPSA) is 59.6 Å². The fourth-order valence-electron chi connectivity index (χ4n) is 2.40. The maximum Gasteiger partial charge on any atom is 0.323 e. The van der Waals surface area contributed by atoms with Gasteiger partial charge in [0, 0.05) is 18.0 Å². The van der Waals surface area contributed by atoms with Crippen molar-refractivity contribution in [1.82, 2.24) is 5.32 Å². The minimum atomic E-state index is -0.250. The fourth-order valence-corrected chi connectivity index (χ4v) is 2.40. The predicted octanol–water partition coefficient (Wildman–Crippen LogP) is 3.67. The van der Waals surface area contributed by atoms with Crippen LogP contribution in [0.1, 0.15) is 32.1 Å². The van der Waals surface area contributed by atoms with Gasteiger partial charge in [0.1, 0.15) is 0 Å². The zero-order chi connectivity index (χ0) is 15.1. The van der Waals surface area contributed by atoms with Gasteiger partial charge in [0.25, 0.3) is 0 Å². The first-order valence-electron chi connectivity index (χ1n) is 7.20. The third kappa shape index (κ3) is 4.41. The average molecular weight is 290 g/mol. The van der Waals surface area contributed by atoms with E-state index in [9.17, 15) is 4.79 Å². The molecule has 2 N–H and O–H groups in total. The lowest BCUT2D eigenvalue weighted by Crippen LogP contribution is -2.24. The Labute approximate surface area is 125 Å². The Morgan fingerprint density at radius 3 is 2.48 bits per heavy atom. The Bertz CT molecular complexity index is 518. The summed E-state index contributed by atoms with van der Waals surface area (Å²) in [6.07, 6.45) is 7.70. The van der Waals surface area contributed by atoms with Crippen LogP contribution in [0.15, 0.2) is 30.0 Å². The van der Waals surface area contributed by atoms with Crippen molar-refractivity contribution in [2.45, 2.75) is 32.1 Å². The van der Waals surface area contributed by atoms with Crippen molar-refractivity contribution in [3.05, 3.63) is 30.0 Å². The highest BCUT2D eigenvalue weighted by atomic mass is 16.5. The van der Waals surface area contributed by atoms with Crippen LogP contribution >= 0.6 is 0 Å². The number of allylic oxidation sites excluding steroid dienone is 1. The summed E-state index contributed by atoms with van der Waals surface area (Å²) in [5.41, 5.74) is 1.97. The number of methoxy groups -OCH3 is 2. The molecule has 0 saturated heterocycles. The number of urea groups is 1. The number of ether oxygens (including phenoxy) is 2. The van der Waals surface area contributed by atoms with E-state index in [1.165, 1.54) is 24.8 Å². The van der Waals surface area contributed by atoms with Crippen LogP contribution in [0.2, 0.25) is 0 Å². The summed E-state index contributed by atoms with van der Waals surface area (Å²) in [6.45, 7) is 0. The van der Waals surface area contributed by atoms with Crippen molar-refractivity contribution in [2.24, 2.45) is 0 Å². The number of amides is 2. The molecule has 1 aromatic rings. The molecule has 0 atom stereocenters. The minimum absolute atomic E-state index is 0.250. The van der Waals surface area contributed by atoms with Crippen LogP contribution in [-0.2, 0) is 0 Å². The van der Waals surface area contributed by atoms with Gasteiger partial charge in [-0.1, -0.05) is 12.0 Å². The van der Waals surface area contributed by atoms with Gasteiger partial charge < -0.3 is 20.1 Å². The van der Waals surface area contributed by atoms with Gasteiger partial charge in [-0.05, 0) is 37.8 Å². The molecule has 0 spiro atoms. The van der Waals surface area contributed by atoms with Crippen molar-refractivity contribution in [3.63, 3.8) is 0 Å². The van der Waals surface area contributed by atoms with Crippen LogP contribution in [0, 0.1) is 0 Å². The highest BCUT2D eigenvalue weighted by molar-refractivity contribution is 5.90. The molecule has 0 heterocycles. The summed E-state index contributed by atoms with van der Waals surface area (Å²) in [5.74, 6) is 1.22. The lowest BCUT2D eigenvalue weighted by Gasteiger charge is -2.14. The number of nitrogens with one attached hydrogen (secondary N) is 2. The second-order valence-electron chi connectivity index (χ2n) is 5.03. The minimum Gasteiger partial charge on any atom is -0.493 e. The van der Waals surface area contributed by atoms with Gasteiger partial charge in [0.05, 0.1) is 14.2 Å². The number of hydrogen-bond acceptors (Lipinski definition) is 3. The standard InChI is InChI=1S/C16H22N2O3/c1-20-14-9-8-13(10-15(14)21-2)18-16(19)17-11-12-6-4-3-5-7-12/h8-11H,3-7H2,1-2H3,(H2,17,18,19). The van der Waals surface area contributed by atoms with Crippen molar-refractivity contribution in [1.29, 1.82) is 0 Å². The van der Waals surface area contributed by atoms with Gasteiger partial charge in [-0.2, -0.15) is 0 Å². The summed E-state index contributed by atoms with van der Waals surface area (Å²) in [5, 5.41) is 5.56. The smallest absolute Gasteiger partial charge is 0.323 e. The molecule has 114 valence electrons.